The van der Waals surface area contributed by atoms with Gasteiger partial charge < -0.3 is 5.73 Å². The predicted octanol–water partition coefficient (Wildman–Crippen LogP) is 0.726. The Hall–Kier alpha value is -1.10. The molecule has 0 aromatic heterocycles. The summed E-state index contributed by atoms with van der Waals surface area (Å²) < 4.78 is 0. The van der Waals surface area contributed by atoms with Crippen LogP contribution in [-0.4, -0.2) is 22.6 Å². The van der Waals surface area contributed by atoms with Gasteiger partial charge in [-0.15, -0.1) is 0 Å². The van der Waals surface area contributed by atoms with Crippen LogP contribution in [0.1, 0.15) is 6.42 Å². The van der Waals surface area contributed by atoms with Gasteiger partial charge in [0.25, 0.3) is 0 Å². The fourth-order valence-electron chi connectivity index (χ4n) is 0.731. The summed E-state index contributed by atoms with van der Waals surface area (Å²) >= 11 is 1.23. The van der Waals surface area contributed by atoms with Crippen LogP contribution in [0.2, 0.25) is 0 Å². The fourth-order valence-corrected chi connectivity index (χ4v) is 1.50. The summed E-state index contributed by atoms with van der Waals surface area (Å²) in [6, 6.07) is -0.725. The number of primary amides is 1. The van der Waals surface area contributed by atoms with Gasteiger partial charge in [-0.05, 0) is 6.08 Å². The molecule has 0 aliphatic carbocycles. The number of aliphatic imine (C=N–C) groups is 1. The van der Waals surface area contributed by atoms with E-state index < -0.39 is 6.03 Å². The maximum Gasteiger partial charge on any atom is 0.339 e. The van der Waals surface area contributed by atoms with Crippen LogP contribution in [0.15, 0.2) is 17.1 Å². The summed E-state index contributed by atoms with van der Waals surface area (Å²) in [6.07, 6.45) is 3.73. The molecule has 2 N–H and O–H groups in total. The zero-order chi connectivity index (χ0) is 8.97. The highest BCUT2D eigenvalue weighted by atomic mass is 32.2. The van der Waals surface area contributed by atoms with E-state index in [-0.39, 0.29) is 5.78 Å². The number of urea groups is 1. The monoisotopic (exact) mass is 184 g/mol. The Bertz CT molecular complexity index is 271. The van der Waals surface area contributed by atoms with E-state index in [1.807, 2.05) is 0 Å². The second kappa shape index (κ2) is 4.06. The molecule has 0 fully saturated rings. The van der Waals surface area contributed by atoms with Crippen molar-refractivity contribution in [2.45, 2.75) is 6.42 Å². The Labute approximate surface area is 73.9 Å². The van der Waals surface area contributed by atoms with Crippen LogP contribution in [-0.2, 0) is 4.79 Å². The van der Waals surface area contributed by atoms with E-state index >= 15 is 0 Å². The van der Waals surface area contributed by atoms with E-state index in [0.29, 0.717) is 17.2 Å². The Morgan fingerprint density at radius 1 is 1.67 bits per heavy atom. The van der Waals surface area contributed by atoms with Crippen molar-refractivity contribution in [2.24, 2.45) is 10.7 Å². The lowest BCUT2D eigenvalue weighted by molar-refractivity contribution is -0.115. The number of amides is 2. The first-order chi connectivity index (χ1) is 5.68. The molecule has 1 aliphatic heterocycles. The minimum absolute atomic E-state index is 0.130. The number of rotatable bonds is 0. The smallest absolute Gasteiger partial charge is 0.339 e. The molecular weight excluding hydrogens is 176 g/mol. The van der Waals surface area contributed by atoms with Crippen molar-refractivity contribution in [1.29, 1.82) is 0 Å². The number of thioether (sulfide) groups is 1. The lowest BCUT2D eigenvalue weighted by Gasteiger charge is -1.93. The molecule has 64 valence electrons. The first-order valence-corrected chi connectivity index (χ1v) is 4.36. The van der Waals surface area contributed by atoms with Crippen LogP contribution in [0.3, 0.4) is 0 Å². The summed E-state index contributed by atoms with van der Waals surface area (Å²) in [7, 11) is 0. The molecule has 0 saturated heterocycles. The summed E-state index contributed by atoms with van der Waals surface area (Å²) in [4.78, 5) is 24.7. The SMILES string of the molecule is NC(=O)/N=C1/C=CCC(=O)CS1. The normalized spacial score (nSPS) is 21.0. The zero-order valence-corrected chi connectivity index (χ0v) is 7.13. The molecular formula is C7H8N2O2S. The van der Waals surface area contributed by atoms with Gasteiger partial charge in [-0.1, -0.05) is 17.8 Å². The van der Waals surface area contributed by atoms with Crippen LogP contribution >= 0.6 is 11.8 Å². The van der Waals surface area contributed by atoms with Gasteiger partial charge in [-0.25, -0.2) is 4.79 Å². The molecule has 0 radical (unpaired) electrons. The third-order valence-corrected chi connectivity index (χ3v) is 2.20. The van der Waals surface area contributed by atoms with Crippen molar-refractivity contribution in [3.8, 4) is 0 Å². The van der Waals surface area contributed by atoms with Gasteiger partial charge in [0.2, 0.25) is 0 Å². The van der Waals surface area contributed by atoms with E-state index in [1.165, 1.54) is 11.8 Å². The molecule has 0 bridgehead atoms. The molecule has 4 nitrogen and oxygen atoms in total. The van der Waals surface area contributed by atoms with E-state index in [1.54, 1.807) is 12.2 Å². The molecule has 5 heteroatoms. The summed E-state index contributed by atoms with van der Waals surface area (Å²) in [6.45, 7) is 0. The lowest BCUT2D eigenvalue weighted by Crippen LogP contribution is -2.07. The van der Waals surface area contributed by atoms with Crippen molar-refractivity contribution in [3.05, 3.63) is 12.2 Å². The first-order valence-electron chi connectivity index (χ1n) is 3.37. The third-order valence-electron chi connectivity index (χ3n) is 1.21. The van der Waals surface area contributed by atoms with E-state index in [0.717, 1.165) is 0 Å². The van der Waals surface area contributed by atoms with Crippen LogP contribution in [0.4, 0.5) is 4.79 Å². The fraction of sp³-hybridized carbons (Fsp3) is 0.286. The zero-order valence-electron chi connectivity index (χ0n) is 6.32. The van der Waals surface area contributed by atoms with Gasteiger partial charge in [0.05, 0.1) is 5.75 Å². The van der Waals surface area contributed by atoms with Crippen LogP contribution in [0.25, 0.3) is 0 Å². The highest BCUT2D eigenvalue weighted by Gasteiger charge is 2.07. The van der Waals surface area contributed by atoms with Gasteiger partial charge in [-0.3, -0.25) is 4.79 Å². The standard InChI is InChI=1S/C7H8N2O2S/c8-7(11)9-6-3-1-2-5(10)4-12-6/h1,3H,2,4H2,(H2,8,11)/b9-6-. The lowest BCUT2D eigenvalue weighted by atomic mass is 10.3. The number of Topliss-reactive ketones (excluding diaryl/α,β-unsaturated/α-hetero) is 1. The van der Waals surface area contributed by atoms with Crippen LogP contribution in [0.5, 0.6) is 0 Å². The van der Waals surface area contributed by atoms with Crippen molar-refractivity contribution in [3.63, 3.8) is 0 Å². The molecule has 0 spiro atoms. The van der Waals surface area contributed by atoms with Gasteiger partial charge in [0.1, 0.15) is 10.8 Å². The molecule has 12 heavy (non-hydrogen) atoms. The summed E-state index contributed by atoms with van der Waals surface area (Å²) in [5.74, 6) is 0.491. The Balaban J connectivity index is 2.69. The van der Waals surface area contributed by atoms with E-state index in [4.69, 9.17) is 5.73 Å². The summed E-state index contributed by atoms with van der Waals surface area (Å²) in [5, 5.41) is 0.508. The largest absolute Gasteiger partial charge is 0.350 e. The quantitative estimate of drug-likeness (QED) is 0.603. The molecule has 0 atom stereocenters. The van der Waals surface area contributed by atoms with Gasteiger partial charge >= 0.3 is 6.03 Å². The van der Waals surface area contributed by atoms with Crippen LogP contribution < -0.4 is 5.73 Å². The Kier molecular flexibility index (Phi) is 3.04. The third kappa shape index (κ3) is 2.87. The number of carbonyl (C=O) groups is 2. The summed E-state index contributed by atoms with van der Waals surface area (Å²) in [5.41, 5.74) is 4.85. The average Bonchev–Trinajstić information content (AvgIpc) is 2.15. The van der Waals surface area contributed by atoms with Crippen molar-refractivity contribution >= 4 is 28.6 Å². The molecule has 0 aromatic rings. The molecule has 1 heterocycles. The molecule has 2 amide bonds. The average molecular weight is 184 g/mol. The Morgan fingerprint density at radius 3 is 3.08 bits per heavy atom. The highest BCUT2D eigenvalue weighted by molar-refractivity contribution is 8.14. The first kappa shape index (κ1) is 8.99. The van der Waals surface area contributed by atoms with Gasteiger partial charge in [-0.2, -0.15) is 4.99 Å². The minimum Gasteiger partial charge on any atom is -0.350 e. The molecule has 0 unspecified atom stereocenters. The van der Waals surface area contributed by atoms with Crippen LogP contribution in [0, 0.1) is 0 Å². The number of nitrogens with zero attached hydrogens (tertiary/aromatic N) is 1. The second-order valence-corrected chi connectivity index (χ2v) is 3.22. The van der Waals surface area contributed by atoms with Crippen molar-refractivity contribution < 1.29 is 9.59 Å². The topological polar surface area (TPSA) is 72.5 Å². The number of carbonyl (C=O) groups excluding carboxylic acids is 2. The highest BCUT2D eigenvalue weighted by Crippen LogP contribution is 2.11. The van der Waals surface area contributed by atoms with E-state index in [2.05, 4.69) is 4.99 Å². The van der Waals surface area contributed by atoms with Crippen molar-refractivity contribution in [1.82, 2.24) is 0 Å². The Morgan fingerprint density at radius 2 is 2.42 bits per heavy atom. The maximum atomic E-state index is 10.9. The van der Waals surface area contributed by atoms with Crippen molar-refractivity contribution in [2.75, 3.05) is 5.75 Å². The van der Waals surface area contributed by atoms with Gasteiger partial charge in [0, 0.05) is 6.42 Å². The number of nitrogens with two attached hydrogens (primary N) is 1. The molecule has 1 aliphatic rings. The van der Waals surface area contributed by atoms with Gasteiger partial charge in [0.15, 0.2) is 0 Å². The molecule has 0 saturated carbocycles. The number of hydrogen-bond acceptors (Lipinski definition) is 3. The number of allylic oxidation sites excluding steroid dienone is 1. The molecule has 1 rings (SSSR count). The number of ketones is 1. The second-order valence-electron chi connectivity index (χ2n) is 2.22. The van der Waals surface area contributed by atoms with E-state index in [9.17, 15) is 9.59 Å². The predicted molar refractivity (Wildman–Crippen MR) is 48.2 cm³/mol. The minimum atomic E-state index is -0.725. The molecule has 0 aromatic carbocycles. The number of hydrogen-bond donors (Lipinski definition) is 1. The maximum absolute atomic E-state index is 10.9.